The quantitative estimate of drug-likeness (QED) is 0.605. The second kappa shape index (κ2) is 2.98. The third kappa shape index (κ3) is 1.41. The number of rotatable bonds is 1. The van der Waals surface area contributed by atoms with E-state index in [0.717, 1.165) is 17.8 Å². The summed E-state index contributed by atoms with van der Waals surface area (Å²) in [5.74, 6) is 2.56. The minimum Gasteiger partial charge on any atom is -0.372 e. The van der Waals surface area contributed by atoms with Crippen LogP contribution in [0.3, 0.4) is 0 Å². The van der Waals surface area contributed by atoms with Crippen molar-refractivity contribution in [2.45, 2.75) is 58.7 Å². The third-order valence-electron chi connectivity index (χ3n) is 4.09. The Morgan fingerprint density at radius 1 is 1.23 bits per heavy atom. The van der Waals surface area contributed by atoms with Crippen LogP contribution in [0.15, 0.2) is 0 Å². The van der Waals surface area contributed by atoms with Crippen molar-refractivity contribution in [1.29, 1.82) is 0 Å². The maximum atomic E-state index is 6.16. The molecule has 2 heterocycles. The first-order valence-electron chi connectivity index (χ1n) is 5.73. The Morgan fingerprint density at radius 3 is 2.15 bits per heavy atom. The summed E-state index contributed by atoms with van der Waals surface area (Å²) < 4.78 is 6.16. The van der Waals surface area contributed by atoms with Crippen LogP contribution in [0.1, 0.15) is 47.0 Å². The average molecular weight is 182 g/mol. The maximum Gasteiger partial charge on any atom is 0.0663 e. The SMILES string of the molecule is CCC1OC2(C)CC(C)C1C(C)C2. The monoisotopic (exact) mass is 182 g/mol. The second-order valence-electron chi connectivity index (χ2n) is 5.45. The molecule has 1 aliphatic carbocycles. The van der Waals surface area contributed by atoms with E-state index in [0.29, 0.717) is 6.10 Å². The van der Waals surface area contributed by atoms with Crippen molar-refractivity contribution in [3.63, 3.8) is 0 Å². The summed E-state index contributed by atoms with van der Waals surface area (Å²) in [6.45, 7) is 9.37. The second-order valence-corrected chi connectivity index (χ2v) is 5.45. The van der Waals surface area contributed by atoms with Gasteiger partial charge in [0.15, 0.2) is 0 Å². The van der Waals surface area contributed by atoms with E-state index in [1.54, 1.807) is 0 Å². The minimum atomic E-state index is 0.203. The lowest BCUT2D eigenvalue weighted by Crippen LogP contribution is -2.55. The summed E-state index contributed by atoms with van der Waals surface area (Å²) in [4.78, 5) is 0. The van der Waals surface area contributed by atoms with E-state index in [1.165, 1.54) is 19.3 Å². The Bertz CT molecular complexity index is 187. The standard InChI is InChI=1S/C12H22O/c1-5-10-11-8(2)6-12(4,13-10)7-9(11)3/h8-11H,5-7H2,1-4H3. The molecule has 2 aliphatic heterocycles. The fraction of sp³-hybridized carbons (Fsp3) is 1.00. The number of hydrogen-bond acceptors (Lipinski definition) is 1. The fourth-order valence-electron chi connectivity index (χ4n) is 3.91. The Hall–Kier alpha value is -0.0400. The molecule has 0 radical (unpaired) electrons. The van der Waals surface area contributed by atoms with Crippen LogP contribution in [0.2, 0.25) is 0 Å². The Kier molecular flexibility index (Phi) is 2.18. The van der Waals surface area contributed by atoms with E-state index in [1.807, 2.05) is 0 Å². The molecule has 13 heavy (non-hydrogen) atoms. The Balaban J connectivity index is 2.23. The summed E-state index contributed by atoms with van der Waals surface area (Å²) >= 11 is 0. The third-order valence-corrected chi connectivity index (χ3v) is 4.09. The van der Waals surface area contributed by atoms with Crippen LogP contribution in [0, 0.1) is 17.8 Å². The number of fused-ring (bicyclic) bond motifs is 3. The van der Waals surface area contributed by atoms with Gasteiger partial charge in [-0.1, -0.05) is 20.8 Å². The zero-order chi connectivity index (χ0) is 9.64. The molecular weight excluding hydrogens is 160 g/mol. The smallest absolute Gasteiger partial charge is 0.0663 e. The molecule has 2 saturated heterocycles. The van der Waals surface area contributed by atoms with Crippen molar-refractivity contribution in [3.05, 3.63) is 0 Å². The van der Waals surface area contributed by atoms with Crippen molar-refractivity contribution in [3.8, 4) is 0 Å². The summed E-state index contributed by atoms with van der Waals surface area (Å²) in [6.07, 6.45) is 4.28. The molecule has 2 bridgehead atoms. The van der Waals surface area contributed by atoms with Crippen LogP contribution in [-0.4, -0.2) is 11.7 Å². The summed E-state index contributed by atoms with van der Waals surface area (Å²) in [5, 5.41) is 0. The molecule has 1 heteroatoms. The van der Waals surface area contributed by atoms with Crippen molar-refractivity contribution >= 4 is 0 Å². The van der Waals surface area contributed by atoms with Gasteiger partial charge in [0.05, 0.1) is 11.7 Å². The van der Waals surface area contributed by atoms with Crippen LogP contribution in [0.4, 0.5) is 0 Å². The molecule has 0 aromatic rings. The first-order chi connectivity index (χ1) is 6.06. The van der Waals surface area contributed by atoms with Crippen molar-refractivity contribution in [1.82, 2.24) is 0 Å². The van der Waals surface area contributed by atoms with Gasteiger partial charge in [-0.05, 0) is 43.9 Å². The lowest BCUT2D eigenvalue weighted by atomic mass is 9.62. The van der Waals surface area contributed by atoms with Gasteiger partial charge in [-0.2, -0.15) is 0 Å². The molecule has 76 valence electrons. The number of ether oxygens (including phenoxy) is 1. The largest absolute Gasteiger partial charge is 0.372 e. The molecule has 3 aliphatic rings. The van der Waals surface area contributed by atoms with Gasteiger partial charge in [0, 0.05) is 0 Å². The lowest BCUT2D eigenvalue weighted by Gasteiger charge is -2.55. The first-order valence-corrected chi connectivity index (χ1v) is 5.73. The van der Waals surface area contributed by atoms with Crippen molar-refractivity contribution in [2.24, 2.45) is 17.8 Å². The predicted octanol–water partition coefficient (Wildman–Crippen LogP) is 3.24. The normalized spacial score (nSPS) is 55.4. The minimum absolute atomic E-state index is 0.203. The molecule has 0 aromatic heterocycles. The Labute approximate surface area is 81.9 Å². The molecule has 0 amide bonds. The van der Waals surface area contributed by atoms with Gasteiger partial charge in [-0.15, -0.1) is 0 Å². The number of hydrogen-bond donors (Lipinski definition) is 0. The van der Waals surface area contributed by atoms with Crippen molar-refractivity contribution in [2.75, 3.05) is 0 Å². The highest BCUT2D eigenvalue weighted by Crippen LogP contribution is 2.51. The van der Waals surface area contributed by atoms with Crippen LogP contribution >= 0.6 is 0 Å². The molecule has 1 saturated carbocycles. The van der Waals surface area contributed by atoms with Crippen molar-refractivity contribution < 1.29 is 4.74 Å². The van der Waals surface area contributed by atoms with E-state index < -0.39 is 0 Å². The van der Waals surface area contributed by atoms with Gasteiger partial charge in [0.2, 0.25) is 0 Å². The van der Waals surface area contributed by atoms with Crippen LogP contribution in [0.5, 0.6) is 0 Å². The van der Waals surface area contributed by atoms with E-state index in [2.05, 4.69) is 27.7 Å². The molecule has 0 aromatic carbocycles. The van der Waals surface area contributed by atoms with Gasteiger partial charge in [0.25, 0.3) is 0 Å². The van der Waals surface area contributed by atoms with E-state index in [4.69, 9.17) is 4.74 Å². The molecule has 3 atom stereocenters. The molecule has 3 rings (SSSR count). The predicted molar refractivity (Wildman–Crippen MR) is 54.6 cm³/mol. The average Bonchev–Trinajstić information content (AvgIpc) is 2.00. The Morgan fingerprint density at radius 2 is 1.77 bits per heavy atom. The van der Waals surface area contributed by atoms with E-state index in [-0.39, 0.29) is 5.60 Å². The summed E-state index contributed by atoms with van der Waals surface area (Å²) in [6, 6.07) is 0. The highest BCUT2D eigenvalue weighted by Gasteiger charge is 2.50. The molecule has 0 spiro atoms. The van der Waals surface area contributed by atoms with Crippen LogP contribution < -0.4 is 0 Å². The maximum absolute atomic E-state index is 6.16. The van der Waals surface area contributed by atoms with Crippen LogP contribution in [0.25, 0.3) is 0 Å². The van der Waals surface area contributed by atoms with E-state index >= 15 is 0 Å². The van der Waals surface area contributed by atoms with E-state index in [9.17, 15) is 0 Å². The molecule has 3 unspecified atom stereocenters. The van der Waals surface area contributed by atoms with Gasteiger partial charge < -0.3 is 4.74 Å². The molecule has 0 N–H and O–H groups in total. The lowest BCUT2D eigenvalue weighted by molar-refractivity contribution is -0.224. The van der Waals surface area contributed by atoms with Gasteiger partial charge in [-0.3, -0.25) is 0 Å². The zero-order valence-electron chi connectivity index (χ0n) is 9.34. The highest BCUT2D eigenvalue weighted by atomic mass is 16.5. The van der Waals surface area contributed by atoms with Gasteiger partial charge in [0.1, 0.15) is 0 Å². The highest BCUT2D eigenvalue weighted by molar-refractivity contribution is 4.99. The topological polar surface area (TPSA) is 9.23 Å². The van der Waals surface area contributed by atoms with Crippen LogP contribution in [-0.2, 0) is 4.74 Å². The zero-order valence-corrected chi connectivity index (χ0v) is 9.34. The fourth-order valence-corrected chi connectivity index (χ4v) is 3.91. The van der Waals surface area contributed by atoms with Gasteiger partial charge >= 0.3 is 0 Å². The molecule has 3 fully saturated rings. The molecular formula is C12H22O. The summed E-state index contributed by atoms with van der Waals surface area (Å²) in [5.41, 5.74) is 0.203. The first kappa shape index (κ1) is 9.51. The molecule has 1 nitrogen and oxygen atoms in total. The summed E-state index contributed by atoms with van der Waals surface area (Å²) in [7, 11) is 0. The van der Waals surface area contributed by atoms with Gasteiger partial charge in [-0.25, -0.2) is 0 Å².